The third kappa shape index (κ3) is 10.4. The maximum absolute atomic E-state index is 13.8. The number of benzene rings is 4. The quantitative estimate of drug-likeness (QED) is 0.0565. The minimum absolute atomic E-state index is 0.157. The van der Waals surface area contributed by atoms with Gasteiger partial charge in [0.25, 0.3) is 0 Å². The van der Waals surface area contributed by atoms with Crippen molar-refractivity contribution < 1.29 is 42.4 Å². The summed E-state index contributed by atoms with van der Waals surface area (Å²) in [7, 11) is 0.938. The first kappa shape index (κ1) is 39.5. The van der Waals surface area contributed by atoms with Crippen molar-refractivity contribution in [2.45, 2.75) is 76.5 Å². The maximum atomic E-state index is 13.8. The van der Waals surface area contributed by atoms with Crippen LogP contribution in [0.1, 0.15) is 52.6 Å². The molecule has 0 aromatic heterocycles. The van der Waals surface area contributed by atoms with E-state index in [1.165, 1.54) is 0 Å². The molecule has 0 spiro atoms. The molecule has 1 aliphatic carbocycles. The van der Waals surface area contributed by atoms with Crippen LogP contribution in [0.2, 0.25) is 18.1 Å². The van der Waals surface area contributed by atoms with Gasteiger partial charge in [0, 0.05) is 5.57 Å². The van der Waals surface area contributed by atoms with Crippen LogP contribution in [0.5, 0.6) is 11.5 Å². The van der Waals surface area contributed by atoms with Crippen molar-refractivity contribution >= 4 is 20.3 Å². The molecule has 10 heteroatoms. The Morgan fingerprint density at radius 1 is 0.585 bits per heavy atom. The highest BCUT2D eigenvalue weighted by Crippen LogP contribution is 2.36. The van der Waals surface area contributed by atoms with E-state index in [1.54, 1.807) is 62.8 Å². The van der Waals surface area contributed by atoms with E-state index in [9.17, 15) is 9.59 Å². The standard InChI is InChI=1S/C43H50O9Si/c1-6-53(7-2,8-3)52-40-38(48-28-31-19-23-36(46-4)24-20-31)27-35(30-50-42(44)33-15-11-9-12-16-33)39(51-43(45)34-17-13-10-14-18-34)41(40)49-29-32-21-25-37(47-5)26-22-32/h9-27,38-41H,6-8,28-30H2,1-5H3/t38-,39-,40+,41+/m1/s1. The van der Waals surface area contributed by atoms with Gasteiger partial charge in [-0.15, -0.1) is 0 Å². The Hall–Kier alpha value is -4.74. The lowest BCUT2D eigenvalue weighted by molar-refractivity contribution is -0.142. The van der Waals surface area contributed by atoms with Crippen LogP contribution in [-0.2, 0) is 36.6 Å². The number of rotatable bonds is 18. The Morgan fingerprint density at radius 3 is 1.57 bits per heavy atom. The zero-order valence-electron chi connectivity index (χ0n) is 31.2. The van der Waals surface area contributed by atoms with Crippen molar-refractivity contribution in [3.63, 3.8) is 0 Å². The van der Waals surface area contributed by atoms with Gasteiger partial charge in [-0.3, -0.25) is 0 Å². The summed E-state index contributed by atoms with van der Waals surface area (Å²) in [5, 5.41) is 0. The summed E-state index contributed by atoms with van der Waals surface area (Å²) >= 11 is 0. The molecule has 4 atom stereocenters. The normalized spacial score (nSPS) is 18.5. The SMILES string of the molecule is CC[Si](CC)(CC)O[C@@H]1[C@@H](OCc2ccc(OC)cc2)[C@H](OC(=O)c2ccccc2)C(COC(=O)c2ccccc2)=C[C@H]1OCc1ccc(OC)cc1. The predicted molar refractivity (Wildman–Crippen MR) is 206 cm³/mol. The summed E-state index contributed by atoms with van der Waals surface area (Å²) in [6.45, 7) is 6.80. The molecule has 0 fully saturated rings. The predicted octanol–water partition coefficient (Wildman–Crippen LogP) is 8.59. The van der Waals surface area contributed by atoms with Crippen LogP contribution in [-0.4, -0.2) is 65.5 Å². The van der Waals surface area contributed by atoms with E-state index in [-0.39, 0.29) is 19.8 Å². The van der Waals surface area contributed by atoms with E-state index in [0.29, 0.717) is 16.7 Å². The van der Waals surface area contributed by atoms with E-state index in [1.807, 2.05) is 66.7 Å². The molecule has 5 rings (SSSR count). The third-order valence-corrected chi connectivity index (χ3v) is 14.5. The molecular weight excluding hydrogens is 689 g/mol. The highest BCUT2D eigenvalue weighted by Gasteiger charge is 2.48. The first-order chi connectivity index (χ1) is 25.8. The second-order valence-electron chi connectivity index (χ2n) is 12.9. The number of carbonyl (C=O) groups is 2. The Labute approximate surface area is 313 Å². The van der Waals surface area contributed by atoms with Gasteiger partial charge in [-0.1, -0.05) is 81.4 Å². The number of methoxy groups -OCH3 is 2. The second kappa shape index (κ2) is 19.4. The summed E-state index contributed by atoms with van der Waals surface area (Å²) in [6, 6.07) is 35.5. The fourth-order valence-electron chi connectivity index (χ4n) is 6.38. The Kier molecular flexibility index (Phi) is 14.4. The van der Waals surface area contributed by atoms with Crippen LogP contribution in [0.15, 0.2) is 121 Å². The minimum atomic E-state index is -2.31. The van der Waals surface area contributed by atoms with Crippen LogP contribution in [0.3, 0.4) is 0 Å². The van der Waals surface area contributed by atoms with Gasteiger partial charge in [-0.2, -0.15) is 0 Å². The van der Waals surface area contributed by atoms with E-state index in [4.69, 9.17) is 32.8 Å². The van der Waals surface area contributed by atoms with Crippen molar-refractivity contribution in [3.05, 3.63) is 143 Å². The Bertz CT molecular complexity index is 1750. The summed E-state index contributed by atoms with van der Waals surface area (Å²) in [5.41, 5.74) is 3.16. The molecule has 53 heavy (non-hydrogen) atoms. The van der Waals surface area contributed by atoms with Gasteiger partial charge in [-0.05, 0) is 83.9 Å². The highest BCUT2D eigenvalue weighted by atomic mass is 28.4. The molecule has 0 N–H and O–H groups in total. The molecule has 280 valence electrons. The molecule has 1 aliphatic rings. The van der Waals surface area contributed by atoms with Crippen molar-refractivity contribution in [1.29, 1.82) is 0 Å². The lowest BCUT2D eigenvalue weighted by Crippen LogP contribution is -2.57. The van der Waals surface area contributed by atoms with Gasteiger partial charge in [0.2, 0.25) is 0 Å². The van der Waals surface area contributed by atoms with Crippen LogP contribution < -0.4 is 9.47 Å². The van der Waals surface area contributed by atoms with Crippen molar-refractivity contribution in [2.24, 2.45) is 0 Å². The van der Waals surface area contributed by atoms with Gasteiger partial charge in [-0.25, -0.2) is 9.59 Å². The lowest BCUT2D eigenvalue weighted by Gasteiger charge is -2.45. The number of hydrogen-bond acceptors (Lipinski definition) is 9. The zero-order valence-corrected chi connectivity index (χ0v) is 32.2. The molecule has 4 aromatic carbocycles. The first-order valence-electron chi connectivity index (χ1n) is 18.2. The molecule has 0 amide bonds. The van der Waals surface area contributed by atoms with Gasteiger partial charge < -0.3 is 32.8 Å². The molecule has 9 nitrogen and oxygen atoms in total. The average molecular weight is 739 g/mol. The molecule has 0 saturated carbocycles. The molecule has 4 aromatic rings. The second-order valence-corrected chi connectivity index (χ2v) is 17.7. The number of esters is 2. The average Bonchev–Trinajstić information content (AvgIpc) is 3.22. The number of carbonyl (C=O) groups excluding carboxylic acids is 2. The van der Waals surface area contributed by atoms with Crippen molar-refractivity contribution in [2.75, 3.05) is 20.8 Å². The minimum Gasteiger partial charge on any atom is -0.497 e. The van der Waals surface area contributed by atoms with Gasteiger partial charge in [0.05, 0.1) is 38.6 Å². The van der Waals surface area contributed by atoms with Crippen LogP contribution in [0.4, 0.5) is 0 Å². The monoisotopic (exact) mass is 738 g/mol. The number of ether oxygens (including phenoxy) is 6. The molecule has 0 saturated heterocycles. The Morgan fingerprint density at radius 2 is 1.08 bits per heavy atom. The summed E-state index contributed by atoms with van der Waals surface area (Å²) < 4.78 is 43.8. The summed E-state index contributed by atoms with van der Waals surface area (Å²) in [6.07, 6.45) is -1.18. The summed E-state index contributed by atoms with van der Waals surface area (Å²) in [5.74, 6) is 0.438. The summed E-state index contributed by atoms with van der Waals surface area (Å²) in [4.78, 5) is 27.0. The van der Waals surface area contributed by atoms with E-state index in [0.717, 1.165) is 40.8 Å². The molecule has 0 unspecified atom stereocenters. The molecule has 0 heterocycles. The smallest absolute Gasteiger partial charge is 0.338 e. The van der Waals surface area contributed by atoms with E-state index >= 15 is 0 Å². The topological polar surface area (TPSA) is 98.8 Å². The molecule has 0 aliphatic heterocycles. The molecule has 0 radical (unpaired) electrons. The molecule has 0 bridgehead atoms. The van der Waals surface area contributed by atoms with E-state index < -0.39 is 44.7 Å². The van der Waals surface area contributed by atoms with Gasteiger partial charge in [0.1, 0.15) is 36.4 Å². The highest BCUT2D eigenvalue weighted by molar-refractivity contribution is 6.73. The lowest BCUT2D eigenvalue weighted by atomic mass is 9.89. The number of hydrogen-bond donors (Lipinski definition) is 0. The fourth-order valence-corrected chi connectivity index (χ4v) is 9.23. The van der Waals surface area contributed by atoms with Gasteiger partial charge in [0.15, 0.2) is 14.4 Å². The van der Waals surface area contributed by atoms with Gasteiger partial charge >= 0.3 is 11.9 Å². The Balaban J connectivity index is 1.57. The van der Waals surface area contributed by atoms with Crippen LogP contribution in [0.25, 0.3) is 0 Å². The first-order valence-corrected chi connectivity index (χ1v) is 20.7. The van der Waals surface area contributed by atoms with Crippen LogP contribution >= 0.6 is 0 Å². The molecular formula is C43H50O9Si. The van der Waals surface area contributed by atoms with Crippen molar-refractivity contribution in [3.8, 4) is 11.5 Å². The van der Waals surface area contributed by atoms with Crippen molar-refractivity contribution in [1.82, 2.24) is 0 Å². The van der Waals surface area contributed by atoms with Crippen LogP contribution in [0, 0.1) is 0 Å². The fraction of sp³-hybridized carbons (Fsp3) is 0.349. The third-order valence-electron chi connectivity index (χ3n) is 9.83. The van der Waals surface area contributed by atoms with E-state index in [2.05, 4.69) is 20.8 Å². The maximum Gasteiger partial charge on any atom is 0.338 e. The largest absolute Gasteiger partial charge is 0.497 e. The zero-order chi connectivity index (χ0) is 37.6.